The highest BCUT2D eigenvalue weighted by atomic mass is 19.4. The zero-order chi connectivity index (χ0) is 13.3. The van der Waals surface area contributed by atoms with E-state index < -0.39 is 11.9 Å². The standard InChI is InChI=1S/C11H11F3N4/c1-7-4-2-3-5-9(7)18-10(11(12,13)14)8(6-15)16-17-18/h2-5H,6,15H2,1H3. The second kappa shape index (κ2) is 4.41. The lowest BCUT2D eigenvalue weighted by Crippen LogP contribution is -2.17. The molecule has 0 bridgehead atoms. The molecule has 0 unspecified atom stereocenters. The number of benzene rings is 1. The van der Waals surface area contributed by atoms with E-state index in [9.17, 15) is 13.2 Å². The molecule has 0 fully saturated rings. The first kappa shape index (κ1) is 12.6. The van der Waals surface area contributed by atoms with E-state index in [1.165, 1.54) is 0 Å². The highest BCUT2D eigenvalue weighted by Gasteiger charge is 2.39. The Bertz CT molecular complexity index is 560. The number of aromatic nitrogens is 3. The van der Waals surface area contributed by atoms with E-state index in [1.807, 2.05) is 0 Å². The van der Waals surface area contributed by atoms with Crippen molar-refractivity contribution in [2.45, 2.75) is 19.6 Å². The van der Waals surface area contributed by atoms with Crippen LogP contribution in [0.4, 0.5) is 13.2 Å². The summed E-state index contributed by atoms with van der Waals surface area (Å²) in [4.78, 5) is 0. The van der Waals surface area contributed by atoms with Crippen LogP contribution in [0.3, 0.4) is 0 Å². The van der Waals surface area contributed by atoms with E-state index in [0.717, 1.165) is 4.68 Å². The number of nitrogens with two attached hydrogens (primary N) is 1. The van der Waals surface area contributed by atoms with E-state index in [1.54, 1.807) is 31.2 Å². The molecule has 2 N–H and O–H groups in total. The Morgan fingerprint density at radius 2 is 1.94 bits per heavy atom. The lowest BCUT2D eigenvalue weighted by atomic mass is 10.2. The van der Waals surface area contributed by atoms with Gasteiger partial charge in [-0.25, -0.2) is 4.68 Å². The molecule has 18 heavy (non-hydrogen) atoms. The first-order chi connectivity index (χ1) is 8.45. The van der Waals surface area contributed by atoms with Gasteiger partial charge in [-0.1, -0.05) is 23.4 Å². The summed E-state index contributed by atoms with van der Waals surface area (Å²) in [6, 6.07) is 6.65. The van der Waals surface area contributed by atoms with Crippen LogP contribution in [-0.4, -0.2) is 15.0 Å². The quantitative estimate of drug-likeness (QED) is 0.894. The average molecular weight is 256 g/mol. The van der Waals surface area contributed by atoms with E-state index in [0.29, 0.717) is 11.3 Å². The Morgan fingerprint density at radius 1 is 1.28 bits per heavy atom. The number of rotatable bonds is 2. The number of hydrogen-bond donors (Lipinski definition) is 1. The van der Waals surface area contributed by atoms with Crippen molar-refractivity contribution in [3.8, 4) is 5.69 Å². The zero-order valence-electron chi connectivity index (χ0n) is 9.57. The maximum absolute atomic E-state index is 13.0. The van der Waals surface area contributed by atoms with Gasteiger partial charge in [0.1, 0.15) is 5.69 Å². The van der Waals surface area contributed by atoms with Gasteiger partial charge in [0, 0.05) is 6.54 Å². The summed E-state index contributed by atoms with van der Waals surface area (Å²) in [5, 5.41) is 7.04. The Morgan fingerprint density at radius 3 is 2.50 bits per heavy atom. The lowest BCUT2D eigenvalue weighted by molar-refractivity contribution is -0.143. The molecule has 0 aliphatic heterocycles. The van der Waals surface area contributed by atoms with Crippen LogP contribution in [-0.2, 0) is 12.7 Å². The van der Waals surface area contributed by atoms with Gasteiger partial charge in [-0.05, 0) is 18.6 Å². The van der Waals surface area contributed by atoms with Crippen molar-refractivity contribution >= 4 is 0 Å². The molecule has 0 aliphatic carbocycles. The molecule has 96 valence electrons. The van der Waals surface area contributed by atoms with Crippen molar-refractivity contribution in [3.63, 3.8) is 0 Å². The minimum atomic E-state index is -4.54. The minimum absolute atomic E-state index is 0.259. The van der Waals surface area contributed by atoms with E-state index >= 15 is 0 Å². The molecule has 7 heteroatoms. The molecular formula is C11H11F3N4. The second-order valence-electron chi connectivity index (χ2n) is 3.78. The summed E-state index contributed by atoms with van der Waals surface area (Å²) in [7, 11) is 0. The van der Waals surface area contributed by atoms with Gasteiger partial charge in [-0.3, -0.25) is 0 Å². The topological polar surface area (TPSA) is 56.7 Å². The number of aryl methyl sites for hydroxylation is 1. The highest BCUT2D eigenvalue weighted by molar-refractivity contribution is 5.41. The second-order valence-corrected chi connectivity index (χ2v) is 3.78. The first-order valence-electron chi connectivity index (χ1n) is 5.23. The van der Waals surface area contributed by atoms with Gasteiger partial charge in [0.15, 0.2) is 5.69 Å². The fraction of sp³-hybridized carbons (Fsp3) is 0.273. The third-order valence-corrected chi connectivity index (χ3v) is 2.55. The van der Waals surface area contributed by atoms with Crippen LogP contribution in [0.15, 0.2) is 24.3 Å². The predicted octanol–water partition coefficient (Wildman–Crippen LogP) is 2.05. The Labute approximate surface area is 101 Å². The largest absolute Gasteiger partial charge is 0.435 e. The molecule has 0 saturated carbocycles. The summed E-state index contributed by atoms with van der Waals surface area (Å²) < 4.78 is 39.8. The van der Waals surface area contributed by atoms with Crippen molar-refractivity contribution in [2.24, 2.45) is 5.73 Å². The lowest BCUT2D eigenvalue weighted by Gasteiger charge is -2.12. The van der Waals surface area contributed by atoms with Gasteiger partial charge in [-0.15, -0.1) is 5.10 Å². The highest BCUT2D eigenvalue weighted by Crippen LogP contribution is 2.32. The normalized spacial score (nSPS) is 11.8. The first-order valence-corrected chi connectivity index (χ1v) is 5.23. The van der Waals surface area contributed by atoms with Gasteiger partial charge in [0.05, 0.1) is 5.69 Å². The maximum atomic E-state index is 13.0. The molecule has 0 spiro atoms. The zero-order valence-corrected chi connectivity index (χ0v) is 9.57. The number of nitrogens with zero attached hydrogens (tertiary/aromatic N) is 3. The van der Waals surface area contributed by atoms with Crippen LogP contribution >= 0.6 is 0 Å². The van der Waals surface area contributed by atoms with Gasteiger partial charge >= 0.3 is 6.18 Å². The monoisotopic (exact) mass is 256 g/mol. The van der Waals surface area contributed by atoms with Crippen LogP contribution < -0.4 is 5.73 Å². The van der Waals surface area contributed by atoms with Crippen molar-refractivity contribution in [3.05, 3.63) is 41.2 Å². The molecule has 1 aromatic heterocycles. The van der Waals surface area contributed by atoms with E-state index in [2.05, 4.69) is 10.3 Å². The summed E-state index contributed by atoms with van der Waals surface area (Å²) in [5.74, 6) is 0. The molecule has 0 atom stereocenters. The summed E-state index contributed by atoms with van der Waals surface area (Å²) in [6.45, 7) is 1.40. The third kappa shape index (κ3) is 2.08. The summed E-state index contributed by atoms with van der Waals surface area (Å²) in [5.41, 5.74) is 5.11. The Kier molecular flexibility index (Phi) is 3.08. The molecule has 2 aromatic rings. The molecule has 4 nitrogen and oxygen atoms in total. The van der Waals surface area contributed by atoms with Crippen LogP contribution in [0.5, 0.6) is 0 Å². The number of alkyl halides is 3. The van der Waals surface area contributed by atoms with Crippen molar-refractivity contribution < 1.29 is 13.2 Å². The molecular weight excluding hydrogens is 245 g/mol. The van der Waals surface area contributed by atoms with E-state index in [-0.39, 0.29) is 12.2 Å². The summed E-state index contributed by atoms with van der Waals surface area (Å²) in [6.07, 6.45) is -4.54. The minimum Gasteiger partial charge on any atom is -0.325 e. The summed E-state index contributed by atoms with van der Waals surface area (Å²) >= 11 is 0. The average Bonchev–Trinajstić information content (AvgIpc) is 2.73. The van der Waals surface area contributed by atoms with Crippen molar-refractivity contribution in [2.75, 3.05) is 0 Å². The smallest absolute Gasteiger partial charge is 0.325 e. The molecule has 0 radical (unpaired) electrons. The Balaban J connectivity index is 2.66. The number of halogens is 3. The van der Waals surface area contributed by atoms with Crippen molar-refractivity contribution in [1.29, 1.82) is 0 Å². The fourth-order valence-corrected chi connectivity index (χ4v) is 1.70. The Hall–Kier alpha value is -1.89. The molecule has 1 aromatic carbocycles. The molecule has 0 saturated heterocycles. The van der Waals surface area contributed by atoms with Crippen LogP contribution in [0.25, 0.3) is 5.69 Å². The molecule has 0 aliphatic rings. The van der Waals surface area contributed by atoms with Crippen molar-refractivity contribution in [1.82, 2.24) is 15.0 Å². The van der Waals surface area contributed by atoms with Gasteiger partial charge < -0.3 is 5.73 Å². The third-order valence-electron chi connectivity index (χ3n) is 2.55. The van der Waals surface area contributed by atoms with Gasteiger partial charge in [0.2, 0.25) is 0 Å². The van der Waals surface area contributed by atoms with Crippen LogP contribution in [0, 0.1) is 6.92 Å². The van der Waals surface area contributed by atoms with Gasteiger partial charge in [-0.2, -0.15) is 13.2 Å². The van der Waals surface area contributed by atoms with Crippen LogP contribution in [0.1, 0.15) is 17.0 Å². The fourth-order valence-electron chi connectivity index (χ4n) is 1.70. The van der Waals surface area contributed by atoms with E-state index in [4.69, 9.17) is 5.73 Å². The molecule has 0 amide bonds. The van der Waals surface area contributed by atoms with Crippen LogP contribution in [0.2, 0.25) is 0 Å². The predicted molar refractivity (Wildman–Crippen MR) is 59.0 cm³/mol. The SMILES string of the molecule is Cc1ccccc1-n1nnc(CN)c1C(F)(F)F. The molecule has 1 heterocycles. The number of para-hydroxylation sites is 1. The van der Waals surface area contributed by atoms with Gasteiger partial charge in [0.25, 0.3) is 0 Å². The molecule has 2 rings (SSSR count). The number of hydrogen-bond acceptors (Lipinski definition) is 3. The maximum Gasteiger partial charge on any atom is 0.435 e.